The Hall–Kier alpha value is -1.25. The Labute approximate surface area is 79.5 Å². The molecule has 0 fully saturated rings. The second-order valence-electron chi connectivity index (χ2n) is 3.54. The Balaban J connectivity index is 2.86. The van der Waals surface area contributed by atoms with E-state index in [-0.39, 0.29) is 0 Å². The van der Waals surface area contributed by atoms with Crippen LogP contribution in [-0.4, -0.2) is 9.78 Å². The molecule has 0 saturated heterocycles. The minimum absolute atomic E-state index is 1.03. The zero-order valence-corrected chi connectivity index (χ0v) is 8.97. The van der Waals surface area contributed by atoms with Gasteiger partial charge in [-0.25, -0.2) is 0 Å². The maximum Gasteiger partial charge on any atom is 0.128 e. The van der Waals surface area contributed by atoms with Crippen LogP contribution in [-0.2, 0) is 7.05 Å². The molecular weight excluding hydrogens is 162 g/mol. The summed E-state index contributed by atoms with van der Waals surface area (Å²) in [5.41, 5.74) is 3.51. The van der Waals surface area contributed by atoms with Gasteiger partial charge in [-0.2, -0.15) is 5.10 Å². The minimum atomic E-state index is 1.03. The molecule has 1 aromatic rings. The van der Waals surface area contributed by atoms with Crippen LogP contribution in [0.2, 0.25) is 0 Å². The summed E-state index contributed by atoms with van der Waals surface area (Å²) in [6, 6.07) is 2.03. The molecule has 13 heavy (non-hydrogen) atoms. The highest BCUT2D eigenvalue weighted by Crippen LogP contribution is 2.12. The summed E-state index contributed by atoms with van der Waals surface area (Å²) in [6.45, 7) is 8.23. The standard InChI is InChI=1S/C10H17N3/c1-7(2)9(4)11-10-6-8(3)12-13(10)5/h6,11H,1-5H3. The largest absolute Gasteiger partial charge is 0.344 e. The molecule has 0 atom stereocenters. The van der Waals surface area contributed by atoms with Gasteiger partial charge in [0.1, 0.15) is 5.82 Å². The number of rotatable bonds is 2. The van der Waals surface area contributed by atoms with Gasteiger partial charge in [-0.1, -0.05) is 5.57 Å². The number of nitrogens with one attached hydrogen (secondary N) is 1. The quantitative estimate of drug-likeness (QED) is 0.755. The molecule has 0 radical (unpaired) electrons. The lowest BCUT2D eigenvalue weighted by Gasteiger charge is -2.07. The van der Waals surface area contributed by atoms with Gasteiger partial charge in [-0.15, -0.1) is 0 Å². The predicted molar refractivity (Wildman–Crippen MR) is 55.6 cm³/mol. The van der Waals surface area contributed by atoms with Gasteiger partial charge < -0.3 is 5.32 Å². The van der Waals surface area contributed by atoms with Crippen molar-refractivity contribution in [1.29, 1.82) is 0 Å². The van der Waals surface area contributed by atoms with Crippen molar-refractivity contribution < 1.29 is 0 Å². The highest BCUT2D eigenvalue weighted by molar-refractivity contribution is 5.43. The molecule has 0 saturated carbocycles. The van der Waals surface area contributed by atoms with E-state index in [0.717, 1.165) is 11.5 Å². The van der Waals surface area contributed by atoms with Crippen LogP contribution in [0.4, 0.5) is 5.82 Å². The third kappa shape index (κ3) is 2.34. The van der Waals surface area contributed by atoms with E-state index in [0.29, 0.717) is 0 Å². The van der Waals surface area contributed by atoms with E-state index in [4.69, 9.17) is 0 Å². The maximum absolute atomic E-state index is 4.26. The van der Waals surface area contributed by atoms with E-state index >= 15 is 0 Å². The molecule has 0 unspecified atom stereocenters. The number of allylic oxidation sites excluding steroid dienone is 2. The SMILES string of the molecule is CC(C)=C(C)Nc1cc(C)nn1C. The predicted octanol–water partition coefficient (Wildman–Crippen LogP) is 2.45. The molecule has 0 bridgehead atoms. The fourth-order valence-electron chi connectivity index (χ4n) is 1.04. The second kappa shape index (κ2) is 3.64. The Bertz CT molecular complexity index is 330. The first-order chi connectivity index (χ1) is 6.00. The van der Waals surface area contributed by atoms with Crippen LogP contribution in [0.25, 0.3) is 0 Å². The topological polar surface area (TPSA) is 29.9 Å². The average Bonchev–Trinajstić information content (AvgIpc) is 2.30. The van der Waals surface area contributed by atoms with Crippen LogP contribution in [0.1, 0.15) is 26.5 Å². The molecule has 1 heterocycles. The van der Waals surface area contributed by atoms with Crippen LogP contribution >= 0.6 is 0 Å². The van der Waals surface area contributed by atoms with Crippen molar-refractivity contribution >= 4 is 5.82 Å². The molecule has 0 aliphatic rings. The van der Waals surface area contributed by atoms with Gasteiger partial charge in [0.2, 0.25) is 0 Å². The molecule has 72 valence electrons. The van der Waals surface area contributed by atoms with E-state index in [1.54, 1.807) is 0 Å². The lowest BCUT2D eigenvalue weighted by atomic mass is 10.3. The highest BCUT2D eigenvalue weighted by atomic mass is 15.3. The Kier molecular flexibility index (Phi) is 2.76. The molecule has 0 aliphatic carbocycles. The van der Waals surface area contributed by atoms with Gasteiger partial charge >= 0.3 is 0 Å². The summed E-state index contributed by atoms with van der Waals surface area (Å²) in [7, 11) is 1.94. The molecule has 1 N–H and O–H groups in total. The number of nitrogens with zero attached hydrogens (tertiary/aromatic N) is 2. The van der Waals surface area contributed by atoms with Crippen LogP contribution in [0.5, 0.6) is 0 Å². The van der Waals surface area contributed by atoms with Crippen molar-refractivity contribution in [3.8, 4) is 0 Å². The van der Waals surface area contributed by atoms with Crippen molar-refractivity contribution in [2.45, 2.75) is 27.7 Å². The monoisotopic (exact) mass is 179 g/mol. The summed E-state index contributed by atoms with van der Waals surface area (Å²) in [6.07, 6.45) is 0. The van der Waals surface area contributed by atoms with Gasteiger partial charge in [-0.3, -0.25) is 4.68 Å². The van der Waals surface area contributed by atoms with Gasteiger partial charge in [-0.05, 0) is 27.7 Å². The number of anilines is 1. The third-order valence-electron chi connectivity index (χ3n) is 2.07. The van der Waals surface area contributed by atoms with Crippen LogP contribution in [0.3, 0.4) is 0 Å². The number of aryl methyl sites for hydroxylation is 2. The smallest absolute Gasteiger partial charge is 0.128 e. The molecule has 0 spiro atoms. The fraction of sp³-hybridized carbons (Fsp3) is 0.500. The molecule has 3 heteroatoms. The van der Waals surface area contributed by atoms with E-state index < -0.39 is 0 Å². The van der Waals surface area contributed by atoms with Crippen molar-refractivity contribution in [2.75, 3.05) is 5.32 Å². The number of aromatic nitrogens is 2. The van der Waals surface area contributed by atoms with Gasteiger partial charge in [0.25, 0.3) is 0 Å². The van der Waals surface area contributed by atoms with Crippen molar-refractivity contribution in [3.05, 3.63) is 23.0 Å². The normalized spacial score (nSPS) is 9.92. The molecule has 1 aromatic heterocycles. The summed E-state index contributed by atoms with van der Waals surface area (Å²) in [5, 5.41) is 7.57. The van der Waals surface area contributed by atoms with E-state index in [9.17, 15) is 0 Å². The van der Waals surface area contributed by atoms with Crippen molar-refractivity contribution in [3.63, 3.8) is 0 Å². The molecule has 0 amide bonds. The summed E-state index contributed by atoms with van der Waals surface area (Å²) >= 11 is 0. The highest BCUT2D eigenvalue weighted by Gasteiger charge is 2.01. The van der Waals surface area contributed by atoms with Gasteiger partial charge in [0, 0.05) is 18.8 Å². The third-order valence-corrected chi connectivity index (χ3v) is 2.07. The second-order valence-corrected chi connectivity index (χ2v) is 3.54. The van der Waals surface area contributed by atoms with Crippen LogP contribution < -0.4 is 5.32 Å². The molecule has 0 aromatic carbocycles. The zero-order chi connectivity index (χ0) is 10.0. The van der Waals surface area contributed by atoms with Gasteiger partial charge in [0.15, 0.2) is 0 Å². The molecule has 0 aliphatic heterocycles. The van der Waals surface area contributed by atoms with Crippen LogP contribution in [0, 0.1) is 6.92 Å². The Morgan fingerprint density at radius 1 is 1.38 bits per heavy atom. The number of hydrogen-bond acceptors (Lipinski definition) is 2. The molecular formula is C10H17N3. The van der Waals surface area contributed by atoms with Crippen LogP contribution in [0.15, 0.2) is 17.3 Å². The lowest BCUT2D eigenvalue weighted by Crippen LogP contribution is -2.03. The molecule has 1 rings (SSSR count). The fourth-order valence-corrected chi connectivity index (χ4v) is 1.04. The van der Waals surface area contributed by atoms with E-state index in [2.05, 4.69) is 31.2 Å². The minimum Gasteiger partial charge on any atom is -0.344 e. The van der Waals surface area contributed by atoms with E-state index in [1.807, 2.05) is 24.7 Å². The lowest BCUT2D eigenvalue weighted by molar-refractivity contribution is 0.762. The Morgan fingerprint density at radius 3 is 2.38 bits per heavy atom. The van der Waals surface area contributed by atoms with Crippen molar-refractivity contribution in [2.24, 2.45) is 7.05 Å². The first-order valence-corrected chi connectivity index (χ1v) is 4.42. The first-order valence-electron chi connectivity index (χ1n) is 4.42. The summed E-state index contributed by atoms with van der Waals surface area (Å²) < 4.78 is 1.85. The summed E-state index contributed by atoms with van der Waals surface area (Å²) in [4.78, 5) is 0. The molecule has 3 nitrogen and oxygen atoms in total. The van der Waals surface area contributed by atoms with Gasteiger partial charge in [0.05, 0.1) is 5.69 Å². The van der Waals surface area contributed by atoms with E-state index in [1.165, 1.54) is 11.3 Å². The van der Waals surface area contributed by atoms with Crippen molar-refractivity contribution in [1.82, 2.24) is 9.78 Å². The zero-order valence-electron chi connectivity index (χ0n) is 8.97. The maximum atomic E-state index is 4.26. The first kappa shape index (κ1) is 9.84. The number of hydrogen-bond donors (Lipinski definition) is 1. The summed E-state index contributed by atoms with van der Waals surface area (Å²) in [5.74, 6) is 1.04. The average molecular weight is 179 g/mol. The Morgan fingerprint density at radius 2 is 2.00 bits per heavy atom.